The van der Waals surface area contributed by atoms with Crippen LogP contribution in [0.25, 0.3) is 11.5 Å². The molecule has 0 aliphatic carbocycles. The molecule has 0 fully saturated rings. The van der Waals surface area contributed by atoms with E-state index in [-0.39, 0.29) is 11.9 Å². The van der Waals surface area contributed by atoms with Crippen molar-refractivity contribution >= 4 is 11.9 Å². The summed E-state index contributed by atoms with van der Waals surface area (Å²) in [6.45, 7) is 1.01. The van der Waals surface area contributed by atoms with E-state index in [2.05, 4.69) is 20.2 Å². The maximum atomic E-state index is 12.6. The SMILES string of the molecule is Nc1ncc2c(n1)CN(C(=O)c1cc(-c3ccco3)[nH]n1)CC2. The molecule has 116 valence electrons. The Labute approximate surface area is 131 Å². The van der Waals surface area contributed by atoms with E-state index >= 15 is 0 Å². The molecular formula is C15H14N6O2. The van der Waals surface area contributed by atoms with Crippen molar-refractivity contribution < 1.29 is 9.21 Å². The number of fused-ring (bicyclic) bond motifs is 1. The number of nitrogen functional groups attached to an aromatic ring is 1. The summed E-state index contributed by atoms with van der Waals surface area (Å²) in [6.07, 6.45) is 4.00. The molecule has 8 nitrogen and oxygen atoms in total. The molecule has 3 aromatic rings. The second-order valence-corrected chi connectivity index (χ2v) is 5.32. The van der Waals surface area contributed by atoms with E-state index in [0.29, 0.717) is 36.7 Å². The minimum Gasteiger partial charge on any atom is -0.463 e. The molecule has 0 spiro atoms. The highest BCUT2D eigenvalue weighted by Crippen LogP contribution is 2.21. The molecule has 8 heteroatoms. The molecule has 3 N–H and O–H groups in total. The predicted molar refractivity (Wildman–Crippen MR) is 81.2 cm³/mol. The number of carbonyl (C=O) groups excluding carboxylic acids is 1. The first-order valence-electron chi connectivity index (χ1n) is 7.19. The van der Waals surface area contributed by atoms with Crippen LogP contribution >= 0.6 is 0 Å². The number of furan rings is 1. The molecule has 0 unspecified atom stereocenters. The van der Waals surface area contributed by atoms with Gasteiger partial charge in [-0.2, -0.15) is 5.10 Å². The number of aromatic amines is 1. The third-order valence-corrected chi connectivity index (χ3v) is 3.84. The van der Waals surface area contributed by atoms with Crippen molar-refractivity contribution in [1.82, 2.24) is 25.1 Å². The Balaban J connectivity index is 1.56. The number of nitrogens with zero attached hydrogens (tertiary/aromatic N) is 4. The highest BCUT2D eigenvalue weighted by atomic mass is 16.3. The van der Waals surface area contributed by atoms with E-state index in [1.807, 2.05) is 0 Å². The second-order valence-electron chi connectivity index (χ2n) is 5.32. The van der Waals surface area contributed by atoms with Crippen molar-refractivity contribution in [3.05, 3.63) is 47.6 Å². The summed E-state index contributed by atoms with van der Waals surface area (Å²) in [6, 6.07) is 5.27. The fourth-order valence-electron chi connectivity index (χ4n) is 2.64. The number of anilines is 1. The van der Waals surface area contributed by atoms with Crippen LogP contribution in [-0.4, -0.2) is 37.5 Å². The Hall–Kier alpha value is -3.16. The monoisotopic (exact) mass is 310 g/mol. The first kappa shape index (κ1) is 13.5. The molecule has 0 saturated heterocycles. The standard InChI is InChI=1S/C15H14N6O2/c16-15-17-7-9-3-4-21(8-12(9)18-15)14(22)11-6-10(19-20-11)13-2-1-5-23-13/h1-2,5-7H,3-4,8H2,(H,19,20)(H2,16,17,18). The Bertz CT molecular complexity index is 855. The number of nitrogens with two attached hydrogens (primary N) is 1. The fourth-order valence-corrected chi connectivity index (χ4v) is 2.64. The van der Waals surface area contributed by atoms with E-state index in [1.165, 1.54) is 0 Å². The lowest BCUT2D eigenvalue weighted by atomic mass is 10.1. The molecular weight excluding hydrogens is 296 g/mol. The summed E-state index contributed by atoms with van der Waals surface area (Å²) in [5, 5.41) is 6.91. The van der Waals surface area contributed by atoms with Crippen molar-refractivity contribution in [2.75, 3.05) is 12.3 Å². The van der Waals surface area contributed by atoms with Gasteiger partial charge < -0.3 is 15.1 Å². The molecule has 0 bridgehead atoms. The van der Waals surface area contributed by atoms with E-state index in [0.717, 1.165) is 11.3 Å². The average Bonchev–Trinajstić information content (AvgIpc) is 3.24. The summed E-state index contributed by atoms with van der Waals surface area (Å²) in [4.78, 5) is 22.5. The first-order valence-corrected chi connectivity index (χ1v) is 7.19. The van der Waals surface area contributed by atoms with Crippen LogP contribution in [0.15, 0.2) is 35.1 Å². The maximum absolute atomic E-state index is 12.6. The number of carbonyl (C=O) groups is 1. The van der Waals surface area contributed by atoms with Gasteiger partial charge in [0.15, 0.2) is 11.5 Å². The van der Waals surface area contributed by atoms with Gasteiger partial charge in [-0.1, -0.05) is 0 Å². The third kappa shape index (κ3) is 2.44. The number of aromatic nitrogens is 4. The van der Waals surface area contributed by atoms with Gasteiger partial charge in [0.1, 0.15) is 5.69 Å². The molecule has 1 aliphatic heterocycles. The number of amides is 1. The van der Waals surface area contributed by atoms with Crippen molar-refractivity contribution in [1.29, 1.82) is 0 Å². The van der Waals surface area contributed by atoms with Gasteiger partial charge >= 0.3 is 0 Å². The number of H-pyrrole nitrogens is 1. The minimum absolute atomic E-state index is 0.151. The summed E-state index contributed by atoms with van der Waals surface area (Å²) < 4.78 is 5.29. The lowest BCUT2D eigenvalue weighted by molar-refractivity contribution is 0.0725. The molecule has 0 radical (unpaired) electrons. The Morgan fingerprint density at radius 2 is 2.35 bits per heavy atom. The van der Waals surface area contributed by atoms with Crippen LogP contribution in [0, 0.1) is 0 Å². The molecule has 0 atom stereocenters. The molecule has 0 aromatic carbocycles. The van der Waals surface area contributed by atoms with Gasteiger partial charge in [0.2, 0.25) is 5.95 Å². The molecule has 23 heavy (non-hydrogen) atoms. The zero-order valence-electron chi connectivity index (χ0n) is 12.2. The van der Waals surface area contributed by atoms with Crippen LogP contribution in [0.2, 0.25) is 0 Å². The number of hydrogen-bond donors (Lipinski definition) is 2. The average molecular weight is 310 g/mol. The summed E-state index contributed by atoms with van der Waals surface area (Å²) in [5.74, 6) is 0.709. The molecule has 1 aliphatic rings. The Morgan fingerprint density at radius 3 is 3.17 bits per heavy atom. The van der Waals surface area contributed by atoms with Crippen LogP contribution in [0.3, 0.4) is 0 Å². The number of hydrogen-bond acceptors (Lipinski definition) is 6. The number of nitrogens with one attached hydrogen (secondary N) is 1. The molecule has 4 heterocycles. The van der Waals surface area contributed by atoms with Crippen LogP contribution in [0.4, 0.5) is 5.95 Å². The zero-order valence-corrected chi connectivity index (χ0v) is 12.2. The highest BCUT2D eigenvalue weighted by Gasteiger charge is 2.25. The molecule has 1 amide bonds. The van der Waals surface area contributed by atoms with E-state index in [1.54, 1.807) is 35.6 Å². The number of rotatable bonds is 2. The van der Waals surface area contributed by atoms with E-state index < -0.39 is 0 Å². The highest BCUT2D eigenvalue weighted by molar-refractivity contribution is 5.93. The topological polar surface area (TPSA) is 114 Å². The molecule has 0 saturated carbocycles. The molecule has 3 aromatic heterocycles. The summed E-state index contributed by atoms with van der Waals surface area (Å²) >= 11 is 0. The third-order valence-electron chi connectivity index (χ3n) is 3.84. The minimum atomic E-state index is -0.151. The lowest BCUT2D eigenvalue weighted by Crippen LogP contribution is -2.36. The van der Waals surface area contributed by atoms with Crippen LogP contribution in [0.1, 0.15) is 21.7 Å². The summed E-state index contributed by atoms with van der Waals surface area (Å²) in [7, 11) is 0. The Kier molecular flexibility index (Phi) is 3.07. The van der Waals surface area contributed by atoms with Gasteiger partial charge in [0.05, 0.1) is 18.5 Å². The van der Waals surface area contributed by atoms with Crippen LogP contribution < -0.4 is 5.73 Å². The summed E-state index contributed by atoms with van der Waals surface area (Å²) in [5.41, 5.74) is 8.46. The zero-order chi connectivity index (χ0) is 15.8. The largest absolute Gasteiger partial charge is 0.463 e. The Morgan fingerprint density at radius 1 is 1.43 bits per heavy atom. The van der Waals surface area contributed by atoms with Crippen LogP contribution in [0.5, 0.6) is 0 Å². The fraction of sp³-hybridized carbons (Fsp3) is 0.200. The van der Waals surface area contributed by atoms with Crippen molar-refractivity contribution in [2.24, 2.45) is 0 Å². The first-order chi connectivity index (χ1) is 11.2. The van der Waals surface area contributed by atoms with E-state index in [9.17, 15) is 4.79 Å². The van der Waals surface area contributed by atoms with E-state index in [4.69, 9.17) is 10.2 Å². The van der Waals surface area contributed by atoms with Crippen molar-refractivity contribution in [3.63, 3.8) is 0 Å². The van der Waals surface area contributed by atoms with Gasteiger partial charge in [-0.25, -0.2) is 9.97 Å². The smallest absolute Gasteiger partial charge is 0.274 e. The van der Waals surface area contributed by atoms with Crippen LogP contribution in [-0.2, 0) is 13.0 Å². The van der Waals surface area contributed by atoms with Gasteiger partial charge in [0.25, 0.3) is 5.91 Å². The molecule has 4 rings (SSSR count). The normalized spacial score (nSPS) is 13.8. The van der Waals surface area contributed by atoms with Gasteiger partial charge in [-0.15, -0.1) is 0 Å². The quantitative estimate of drug-likeness (QED) is 0.736. The lowest BCUT2D eigenvalue weighted by Gasteiger charge is -2.27. The van der Waals surface area contributed by atoms with Gasteiger partial charge in [-0.3, -0.25) is 9.89 Å². The second kappa shape index (κ2) is 5.24. The predicted octanol–water partition coefficient (Wildman–Crippen LogP) is 1.24. The van der Waals surface area contributed by atoms with Crippen molar-refractivity contribution in [3.8, 4) is 11.5 Å². The van der Waals surface area contributed by atoms with Gasteiger partial charge in [-0.05, 0) is 24.1 Å². The maximum Gasteiger partial charge on any atom is 0.274 e. The van der Waals surface area contributed by atoms with Crippen molar-refractivity contribution in [2.45, 2.75) is 13.0 Å². The van der Waals surface area contributed by atoms with Gasteiger partial charge in [0, 0.05) is 18.8 Å².